The van der Waals surface area contributed by atoms with Crippen LogP contribution < -0.4 is 0 Å². The molecule has 1 aliphatic rings. The third-order valence-corrected chi connectivity index (χ3v) is 7.68. The number of pyridine rings is 1. The monoisotopic (exact) mass is 636 g/mol. The third kappa shape index (κ3) is 10.00. The molecule has 4 aromatic rings. The molecule has 0 fully saturated rings. The Bertz CT molecular complexity index is 1680. The largest absolute Gasteiger partial charge is 0.463 e. The van der Waals surface area contributed by atoms with E-state index in [1.165, 1.54) is 11.1 Å². The van der Waals surface area contributed by atoms with Crippen LogP contribution in [0.4, 0.5) is 4.79 Å². The minimum atomic E-state index is -0.500. The fraction of sp³-hybridized carbons (Fsp3) is 0.375. The molecular weight excluding hydrogens is 588 g/mol. The number of carbonyl (C=O) groups is 2. The summed E-state index contributed by atoms with van der Waals surface area (Å²) in [5.74, 6) is -0.261. The Labute approximate surface area is 279 Å². The zero-order valence-electron chi connectivity index (χ0n) is 29.0. The highest BCUT2D eigenvalue weighted by molar-refractivity contribution is 5.90. The molecule has 248 valence electrons. The van der Waals surface area contributed by atoms with Crippen molar-refractivity contribution in [3.8, 4) is 22.3 Å². The van der Waals surface area contributed by atoms with Gasteiger partial charge in [-0.15, -0.1) is 0 Å². The van der Waals surface area contributed by atoms with Gasteiger partial charge in [0.05, 0.1) is 18.1 Å². The van der Waals surface area contributed by atoms with Crippen molar-refractivity contribution in [3.05, 3.63) is 112 Å². The van der Waals surface area contributed by atoms with Gasteiger partial charge in [-0.1, -0.05) is 78.4 Å². The quantitative estimate of drug-likeness (QED) is 0.205. The number of esters is 1. The second kappa shape index (κ2) is 15.4. The van der Waals surface area contributed by atoms with E-state index in [4.69, 9.17) is 19.6 Å². The summed E-state index contributed by atoms with van der Waals surface area (Å²) in [6.45, 7) is 16.4. The van der Waals surface area contributed by atoms with Crippen LogP contribution in [-0.4, -0.2) is 45.3 Å². The van der Waals surface area contributed by atoms with Crippen LogP contribution in [0.5, 0.6) is 0 Å². The Morgan fingerprint density at radius 1 is 0.872 bits per heavy atom. The van der Waals surface area contributed by atoms with Gasteiger partial charge in [-0.2, -0.15) is 0 Å². The number of nitrogens with zero attached hydrogens (tertiary/aromatic N) is 2. The van der Waals surface area contributed by atoms with Crippen molar-refractivity contribution in [2.45, 2.75) is 93.1 Å². The van der Waals surface area contributed by atoms with E-state index in [0.717, 1.165) is 56.8 Å². The minimum absolute atomic E-state index is 0.151. The summed E-state index contributed by atoms with van der Waals surface area (Å²) in [7, 11) is 0. The maximum absolute atomic E-state index is 12.9. The van der Waals surface area contributed by atoms with Gasteiger partial charge in [0.25, 0.3) is 0 Å². The first-order valence-electron chi connectivity index (χ1n) is 16.3. The van der Waals surface area contributed by atoms with Gasteiger partial charge in [-0.3, -0.25) is 9.78 Å². The summed E-state index contributed by atoms with van der Waals surface area (Å²) in [4.78, 5) is 32.3. The second-order valence-corrected chi connectivity index (χ2v) is 13.5. The van der Waals surface area contributed by atoms with Gasteiger partial charge in [-0.25, -0.2) is 4.79 Å². The van der Waals surface area contributed by atoms with Gasteiger partial charge in [-0.05, 0) is 101 Å². The summed E-state index contributed by atoms with van der Waals surface area (Å²) in [6.07, 6.45) is 0.398. The number of rotatable bonds is 7. The highest BCUT2D eigenvalue weighted by atomic mass is 16.6. The van der Waals surface area contributed by atoms with Gasteiger partial charge in [0.15, 0.2) is 0 Å². The highest BCUT2D eigenvalue weighted by Gasteiger charge is 2.25. The molecule has 7 heteroatoms. The predicted molar refractivity (Wildman–Crippen MR) is 187 cm³/mol. The zero-order valence-corrected chi connectivity index (χ0v) is 29.0. The molecule has 0 saturated heterocycles. The molecule has 7 nitrogen and oxygen atoms in total. The lowest BCUT2D eigenvalue weighted by atomic mass is 9.86. The van der Waals surface area contributed by atoms with E-state index in [0.29, 0.717) is 13.1 Å². The van der Waals surface area contributed by atoms with Crippen molar-refractivity contribution in [1.29, 1.82) is 0 Å². The number of aryl methyl sites for hydroxylation is 3. The van der Waals surface area contributed by atoms with Crippen LogP contribution >= 0.6 is 0 Å². The number of aromatic nitrogens is 1. The van der Waals surface area contributed by atoms with Crippen molar-refractivity contribution in [2.24, 2.45) is 0 Å². The number of fused-ring (bicyclic) bond motifs is 1. The molecule has 0 spiro atoms. The maximum atomic E-state index is 12.9. The fourth-order valence-corrected chi connectivity index (χ4v) is 5.62. The van der Waals surface area contributed by atoms with E-state index in [-0.39, 0.29) is 31.2 Å². The van der Waals surface area contributed by atoms with Crippen molar-refractivity contribution in [2.75, 3.05) is 6.54 Å². The molecule has 2 heterocycles. The summed E-state index contributed by atoms with van der Waals surface area (Å²) in [5.41, 5.74) is 10.7. The highest BCUT2D eigenvalue weighted by Crippen LogP contribution is 2.40. The Kier molecular flexibility index (Phi) is 11.6. The number of aliphatic hydroxyl groups is 1. The molecule has 1 amide bonds. The number of carbonyl (C=O) groups excluding carboxylic acids is 2. The van der Waals surface area contributed by atoms with Crippen LogP contribution in [0.25, 0.3) is 22.3 Å². The summed E-state index contributed by atoms with van der Waals surface area (Å²) in [5, 5.41) is 8.52. The van der Waals surface area contributed by atoms with Crippen LogP contribution in [-0.2, 0) is 40.3 Å². The Morgan fingerprint density at radius 2 is 1.51 bits per heavy atom. The maximum Gasteiger partial charge on any atom is 0.410 e. The van der Waals surface area contributed by atoms with E-state index in [1.807, 2.05) is 58.0 Å². The van der Waals surface area contributed by atoms with Crippen molar-refractivity contribution >= 4 is 12.1 Å². The molecule has 1 aliphatic heterocycles. The van der Waals surface area contributed by atoms with Crippen LogP contribution in [0.1, 0.15) is 73.8 Å². The van der Waals surface area contributed by atoms with Crippen LogP contribution in [0.15, 0.2) is 72.8 Å². The number of ether oxygens (including phenoxy) is 2. The predicted octanol–water partition coefficient (Wildman–Crippen LogP) is 8.31. The van der Waals surface area contributed by atoms with E-state index in [2.05, 4.69) is 49.4 Å². The lowest BCUT2D eigenvalue weighted by molar-refractivity contribution is -0.146. The van der Waals surface area contributed by atoms with Gasteiger partial charge in [0, 0.05) is 30.0 Å². The SMILES string of the molecule is CC(C)(C)O.Cc1ccc(-c2c(CC(=O)OC(C)C)c(C)nc(C)c2-c2ccc3c(c2)CCN(C(=O)OCc2ccccc2)C3)cc1. The molecule has 0 unspecified atom stereocenters. The Balaban J connectivity index is 0.000000930. The number of amides is 1. The van der Waals surface area contributed by atoms with E-state index < -0.39 is 5.60 Å². The normalized spacial score (nSPS) is 12.6. The van der Waals surface area contributed by atoms with E-state index in [1.54, 1.807) is 25.7 Å². The minimum Gasteiger partial charge on any atom is -0.463 e. The molecule has 3 aromatic carbocycles. The van der Waals surface area contributed by atoms with Gasteiger partial charge >= 0.3 is 12.1 Å². The molecular formula is C40H48N2O5. The van der Waals surface area contributed by atoms with Gasteiger partial charge in [0.2, 0.25) is 0 Å². The van der Waals surface area contributed by atoms with Crippen molar-refractivity contribution in [1.82, 2.24) is 9.88 Å². The summed E-state index contributed by atoms with van der Waals surface area (Å²) in [6, 6.07) is 24.6. The summed E-state index contributed by atoms with van der Waals surface area (Å²) < 4.78 is 11.1. The standard InChI is InChI=1S/C36H38N2O4.C4H10O/c1-23(2)42-33(39)20-32-25(4)37-26(5)34(35(32)28-13-11-24(3)12-14-28)30-15-16-31-21-38(18-17-29(31)19-30)36(40)41-22-27-9-7-6-8-10-27;1-4(2,3)5/h6-16,19,23H,17-18,20-22H2,1-5H3;5H,1-3H3. The molecule has 1 N–H and O–H groups in total. The molecule has 5 rings (SSSR count). The Morgan fingerprint density at radius 3 is 2.15 bits per heavy atom. The molecule has 47 heavy (non-hydrogen) atoms. The van der Waals surface area contributed by atoms with Crippen molar-refractivity contribution < 1.29 is 24.2 Å². The molecule has 0 radical (unpaired) electrons. The Hall–Kier alpha value is -4.49. The number of hydrogen-bond acceptors (Lipinski definition) is 6. The first-order chi connectivity index (χ1) is 22.2. The number of benzene rings is 3. The van der Waals surface area contributed by atoms with Crippen LogP contribution in [0.3, 0.4) is 0 Å². The van der Waals surface area contributed by atoms with Crippen LogP contribution in [0.2, 0.25) is 0 Å². The van der Waals surface area contributed by atoms with E-state index in [9.17, 15) is 9.59 Å². The first kappa shape index (κ1) is 35.4. The molecule has 0 saturated carbocycles. The smallest absolute Gasteiger partial charge is 0.410 e. The van der Waals surface area contributed by atoms with Crippen LogP contribution in [0, 0.1) is 20.8 Å². The van der Waals surface area contributed by atoms with Gasteiger partial charge in [0.1, 0.15) is 6.61 Å². The third-order valence-electron chi connectivity index (χ3n) is 7.68. The lowest BCUT2D eigenvalue weighted by Crippen LogP contribution is -2.36. The second-order valence-electron chi connectivity index (χ2n) is 13.5. The fourth-order valence-electron chi connectivity index (χ4n) is 5.62. The van der Waals surface area contributed by atoms with E-state index >= 15 is 0 Å². The lowest BCUT2D eigenvalue weighted by Gasteiger charge is -2.29. The number of hydrogen-bond donors (Lipinski definition) is 1. The first-order valence-corrected chi connectivity index (χ1v) is 16.3. The van der Waals surface area contributed by atoms with Crippen molar-refractivity contribution in [3.63, 3.8) is 0 Å². The van der Waals surface area contributed by atoms with Gasteiger partial charge < -0.3 is 19.5 Å². The average Bonchev–Trinajstić information content (AvgIpc) is 3.00. The summed E-state index contributed by atoms with van der Waals surface area (Å²) >= 11 is 0. The molecule has 0 atom stereocenters. The molecule has 1 aromatic heterocycles. The zero-order chi connectivity index (χ0) is 34.3. The molecule has 0 aliphatic carbocycles. The topological polar surface area (TPSA) is 89.0 Å². The molecule has 0 bridgehead atoms. The average molecular weight is 637 g/mol.